The minimum Gasteiger partial charge on any atom is -0.397 e. The summed E-state index contributed by atoms with van der Waals surface area (Å²) in [7, 11) is 0. The van der Waals surface area contributed by atoms with E-state index in [1.165, 1.54) is 6.07 Å². The van der Waals surface area contributed by atoms with Gasteiger partial charge in [0, 0.05) is 0 Å². The monoisotopic (exact) mass is 251 g/mol. The van der Waals surface area contributed by atoms with Crippen molar-refractivity contribution in [2.24, 2.45) is 0 Å². The number of aromatic nitrogens is 1. The molecule has 0 unspecified atom stereocenters. The standard InChI is InChI=1S/C8H5ClF3N3O/c9-2-6-5(14)1-4(3-13)7(15-6)16-8(10,11)12/h1H,2,14H2. The molecule has 0 aliphatic rings. The largest absolute Gasteiger partial charge is 0.574 e. The first-order valence-corrected chi connectivity index (χ1v) is 4.42. The number of nitriles is 1. The fraction of sp³-hybridized carbons (Fsp3) is 0.250. The Morgan fingerprint density at radius 3 is 2.62 bits per heavy atom. The van der Waals surface area contributed by atoms with Crippen molar-refractivity contribution in [3.63, 3.8) is 0 Å². The molecule has 1 rings (SSSR count). The molecule has 0 radical (unpaired) electrons. The van der Waals surface area contributed by atoms with Crippen LogP contribution in [-0.4, -0.2) is 11.3 Å². The lowest BCUT2D eigenvalue weighted by molar-refractivity contribution is -0.276. The molecule has 16 heavy (non-hydrogen) atoms. The van der Waals surface area contributed by atoms with Gasteiger partial charge in [0.2, 0.25) is 5.88 Å². The zero-order chi connectivity index (χ0) is 12.3. The highest BCUT2D eigenvalue weighted by Crippen LogP contribution is 2.27. The molecular formula is C8H5ClF3N3O. The Bertz CT molecular complexity index is 441. The summed E-state index contributed by atoms with van der Waals surface area (Å²) in [4.78, 5) is 3.43. The van der Waals surface area contributed by atoms with Crippen molar-refractivity contribution in [3.8, 4) is 11.9 Å². The molecule has 0 aliphatic heterocycles. The van der Waals surface area contributed by atoms with Gasteiger partial charge in [-0.1, -0.05) is 0 Å². The molecule has 8 heteroatoms. The van der Waals surface area contributed by atoms with E-state index in [-0.39, 0.29) is 17.3 Å². The van der Waals surface area contributed by atoms with Gasteiger partial charge in [0.15, 0.2) is 0 Å². The second-order valence-corrected chi connectivity index (χ2v) is 2.94. The van der Waals surface area contributed by atoms with Crippen LogP contribution in [0.5, 0.6) is 5.88 Å². The van der Waals surface area contributed by atoms with E-state index in [0.29, 0.717) is 0 Å². The van der Waals surface area contributed by atoms with Crippen LogP contribution < -0.4 is 10.5 Å². The summed E-state index contributed by atoms with van der Waals surface area (Å²) in [5, 5.41) is 8.58. The van der Waals surface area contributed by atoms with E-state index in [1.807, 2.05) is 0 Å². The van der Waals surface area contributed by atoms with Crippen molar-refractivity contribution in [2.45, 2.75) is 12.2 Å². The van der Waals surface area contributed by atoms with Gasteiger partial charge in [0.25, 0.3) is 0 Å². The third kappa shape index (κ3) is 2.90. The normalized spacial score (nSPS) is 10.9. The van der Waals surface area contributed by atoms with E-state index in [2.05, 4.69) is 9.72 Å². The van der Waals surface area contributed by atoms with E-state index in [9.17, 15) is 13.2 Å². The van der Waals surface area contributed by atoms with Gasteiger partial charge in [-0.25, -0.2) is 4.98 Å². The van der Waals surface area contributed by atoms with E-state index in [4.69, 9.17) is 22.6 Å². The number of pyridine rings is 1. The molecule has 0 saturated carbocycles. The minimum absolute atomic E-state index is 0.0277. The number of rotatable bonds is 2. The number of nitrogen functional groups attached to an aromatic ring is 1. The number of ether oxygens (including phenoxy) is 1. The van der Waals surface area contributed by atoms with E-state index < -0.39 is 17.8 Å². The Balaban J connectivity index is 3.21. The SMILES string of the molecule is N#Cc1cc(N)c(CCl)nc1OC(F)(F)F. The summed E-state index contributed by atoms with van der Waals surface area (Å²) in [5.41, 5.74) is 5.08. The molecule has 1 heterocycles. The number of halogens is 4. The third-order valence-corrected chi connectivity index (χ3v) is 1.81. The van der Waals surface area contributed by atoms with Crippen LogP contribution in [0.2, 0.25) is 0 Å². The van der Waals surface area contributed by atoms with Gasteiger partial charge >= 0.3 is 6.36 Å². The molecule has 0 saturated heterocycles. The molecule has 0 atom stereocenters. The van der Waals surface area contributed by atoms with Crippen LogP contribution in [0.25, 0.3) is 0 Å². The van der Waals surface area contributed by atoms with Gasteiger partial charge in [-0.2, -0.15) is 5.26 Å². The molecule has 0 aliphatic carbocycles. The van der Waals surface area contributed by atoms with Crippen LogP contribution in [0.1, 0.15) is 11.3 Å². The fourth-order valence-electron chi connectivity index (χ4n) is 0.922. The van der Waals surface area contributed by atoms with Crippen molar-refractivity contribution < 1.29 is 17.9 Å². The minimum atomic E-state index is -4.92. The molecule has 1 aromatic heterocycles. The summed E-state index contributed by atoms with van der Waals surface area (Å²) in [6.07, 6.45) is -4.92. The Morgan fingerprint density at radius 2 is 2.19 bits per heavy atom. The Kier molecular flexibility index (Phi) is 3.44. The molecule has 0 spiro atoms. The topological polar surface area (TPSA) is 71.9 Å². The van der Waals surface area contributed by atoms with Crippen LogP contribution in [0.4, 0.5) is 18.9 Å². The van der Waals surface area contributed by atoms with Gasteiger partial charge in [0.05, 0.1) is 17.3 Å². The highest BCUT2D eigenvalue weighted by atomic mass is 35.5. The maximum atomic E-state index is 12.0. The fourth-order valence-corrected chi connectivity index (χ4v) is 1.14. The van der Waals surface area contributed by atoms with Crippen molar-refractivity contribution in [1.29, 1.82) is 5.26 Å². The highest BCUT2D eigenvalue weighted by molar-refractivity contribution is 6.17. The number of nitrogens with zero attached hydrogens (tertiary/aromatic N) is 2. The van der Waals surface area contributed by atoms with Gasteiger partial charge < -0.3 is 10.5 Å². The summed E-state index contributed by atoms with van der Waals surface area (Å²) < 4.78 is 39.4. The maximum absolute atomic E-state index is 12.0. The molecule has 0 amide bonds. The number of alkyl halides is 4. The second kappa shape index (κ2) is 4.45. The van der Waals surface area contributed by atoms with E-state index in [0.717, 1.165) is 6.07 Å². The molecule has 0 bridgehead atoms. The molecule has 0 fully saturated rings. The third-order valence-electron chi connectivity index (χ3n) is 1.56. The predicted molar refractivity (Wildman–Crippen MR) is 49.6 cm³/mol. The Labute approximate surface area is 93.4 Å². The van der Waals surface area contributed by atoms with Crippen LogP contribution in [0.15, 0.2) is 6.07 Å². The summed E-state index contributed by atoms with van der Waals surface area (Å²) >= 11 is 5.41. The van der Waals surface area contributed by atoms with Crippen LogP contribution in [0, 0.1) is 11.3 Å². The lowest BCUT2D eigenvalue weighted by Crippen LogP contribution is -2.19. The van der Waals surface area contributed by atoms with Crippen LogP contribution in [-0.2, 0) is 5.88 Å². The smallest absolute Gasteiger partial charge is 0.397 e. The van der Waals surface area contributed by atoms with Gasteiger partial charge in [-0.15, -0.1) is 24.8 Å². The van der Waals surface area contributed by atoms with Gasteiger partial charge in [-0.05, 0) is 6.07 Å². The van der Waals surface area contributed by atoms with Crippen LogP contribution >= 0.6 is 11.6 Å². The van der Waals surface area contributed by atoms with E-state index >= 15 is 0 Å². The summed E-state index contributed by atoms with van der Waals surface area (Å²) in [6.45, 7) is 0. The lowest BCUT2D eigenvalue weighted by Gasteiger charge is -2.11. The average Bonchev–Trinajstić information content (AvgIpc) is 2.18. The molecular weight excluding hydrogens is 247 g/mol. The molecule has 4 nitrogen and oxygen atoms in total. The highest BCUT2D eigenvalue weighted by Gasteiger charge is 2.33. The zero-order valence-electron chi connectivity index (χ0n) is 7.68. The van der Waals surface area contributed by atoms with Crippen molar-refractivity contribution in [1.82, 2.24) is 4.98 Å². The number of hydrogen-bond donors (Lipinski definition) is 1. The Morgan fingerprint density at radius 1 is 1.56 bits per heavy atom. The lowest BCUT2D eigenvalue weighted by atomic mass is 10.2. The summed E-state index contributed by atoms with van der Waals surface area (Å²) in [6, 6.07) is 2.53. The first-order valence-electron chi connectivity index (χ1n) is 3.88. The quantitative estimate of drug-likeness (QED) is 0.818. The first kappa shape index (κ1) is 12.4. The van der Waals surface area contributed by atoms with Crippen molar-refractivity contribution in [2.75, 3.05) is 5.73 Å². The number of anilines is 1. The first-order chi connectivity index (χ1) is 7.37. The predicted octanol–water partition coefficient (Wildman–Crippen LogP) is 2.17. The Hall–Kier alpha value is -1.68. The van der Waals surface area contributed by atoms with Crippen molar-refractivity contribution in [3.05, 3.63) is 17.3 Å². The van der Waals surface area contributed by atoms with Crippen molar-refractivity contribution >= 4 is 17.3 Å². The molecule has 86 valence electrons. The van der Waals surface area contributed by atoms with Gasteiger partial charge in [-0.3, -0.25) is 0 Å². The second-order valence-electron chi connectivity index (χ2n) is 2.67. The zero-order valence-corrected chi connectivity index (χ0v) is 8.43. The molecule has 1 aromatic rings. The number of nitrogens with two attached hydrogens (primary N) is 1. The van der Waals surface area contributed by atoms with Gasteiger partial charge in [0.1, 0.15) is 11.6 Å². The van der Waals surface area contributed by atoms with Crippen LogP contribution in [0.3, 0.4) is 0 Å². The molecule has 2 N–H and O–H groups in total. The average molecular weight is 252 g/mol. The number of hydrogen-bond acceptors (Lipinski definition) is 4. The summed E-state index contributed by atoms with van der Waals surface area (Å²) in [5.74, 6) is -1.02. The maximum Gasteiger partial charge on any atom is 0.574 e. The van der Waals surface area contributed by atoms with E-state index in [1.54, 1.807) is 0 Å². The molecule has 0 aromatic carbocycles.